The summed E-state index contributed by atoms with van der Waals surface area (Å²) in [6.07, 6.45) is 0. The van der Waals surface area contributed by atoms with Gasteiger partial charge in [-0.1, -0.05) is 160 Å². The molecule has 2 aromatic heterocycles. The Morgan fingerprint density at radius 2 is 1.19 bits per heavy atom. The standard InChI is InChI=1S/C63H56BN3O/c1-60(2,3)36-20-23-38(24-21-36)65-52-32-50-43(40-25-22-37(61(4,5)6)28-48(40)63(50,9)10)29-45(52)41-26-27-42-46-30-49-44(39-18-14-15-19-47(39)62(49,7)8)31-54(46)67-55-34-56-53(33-51(55)64-57(41)58(42)67)66-59(68-56)35-16-12-11-13-17-35/h11-34,64-65H,1-10H3. The van der Waals surface area contributed by atoms with Crippen LogP contribution < -0.4 is 16.2 Å². The second kappa shape index (κ2) is 13.8. The molecule has 1 aliphatic heterocycles. The van der Waals surface area contributed by atoms with Gasteiger partial charge in [0.05, 0.1) is 5.52 Å². The smallest absolute Gasteiger partial charge is 0.227 e. The number of nitrogens with zero attached hydrogens (tertiary/aromatic N) is 2. The van der Waals surface area contributed by atoms with Crippen LogP contribution in [-0.2, 0) is 21.7 Å². The van der Waals surface area contributed by atoms with Crippen molar-refractivity contribution < 1.29 is 4.42 Å². The molecule has 4 nitrogen and oxygen atoms in total. The largest absolute Gasteiger partial charge is 0.436 e. The molecular weight excluding hydrogens is 826 g/mol. The predicted octanol–water partition coefficient (Wildman–Crippen LogP) is 14.9. The number of hydrogen-bond acceptors (Lipinski definition) is 3. The minimum Gasteiger partial charge on any atom is -0.436 e. The van der Waals surface area contributed by atoms with Crippen molar-refractivity contribution in [2.75, 3.05) is 5.32 Å². The van der Waals surface area contributed by atoms with Gasteiger partial charge >= 0.3 is 0 Å². The Hall–Kier alpha value is -7.11. The molecule has 0 saturated carbocycles. The molecule has 1 N–H and O–H groups in total. The summed E-state index contributed by atoms with van der Waals surface area (Å²) in [4.78, 5) is 5.11. The predicted molar refractivity (Wildman–Crippen MR) is 288 cm³/mol. The lowest BCUT2D eigenvalue weighted by Gasteiger charge is -2.26. The summed E-state index contributed by atoms with van der Waals surface area (Å²) in [6, 6.07) is 54.8. The molecule has 3 aliphatic rings. The highest BCUT2D eigenvalue weighted by molar-refractivity contribution is 6.73. The molecule has 0 atom stereocenters. The Kier molecular flexibility index (Phi) is 8.32. The molecule has 0 spiro atoms. The number of fused-ring (bicyclic) bond motifs is 12. The summed E-state index contributed by atoms with van der Waals surface area (Å²) in [6.45, 7) is 23.4. The highest BCUT2D eigenvalue weighted by atomic mass is 16.3. The van der Waals surface area contributed by atoms with E-state index in [4.69, 9.17) is 9.40 Å². The van der Waals surface area contributed by atoms with Gasteiger partial charge in [-0.05, 0) is 132 Å². The highest BCUT2D eigenvalue weighted by Crippen LogP contribution is 2.54. The minimum absolute atomic E-state index is 0.0454. The average molecular weight is 882 g/mol. The molecule has 10 aromatic rings. The maximum Gasteiger partial charge on any atom is 0.227 e. The fourth-order valence-electron chi connectivity index (χ4n) is 12.1. The molecule has 0 saturated heterocycles. The lowest BCUT2D eigenvalue weighted by Crippen LogP contribution is -2.37. The van der Waals surface area contributed by atoms with Crippen LogP contribution >= 0.6 is 0 Å². The van der Waals surface area contributed by atoms with Gasteiger partial charge < -0.3 is 14.3 Å². The molecular formula is C63H56BN3O. The highest BCUT2D eigenvalue weighted by Gasteiger charge is 2.40. The van der Waals surface area contributed by atoms with E-state index in [0.29, 0.717) is 5.89 Å². The lowest BCUT2D eigenvalue weighted by atomic mass is 9.59. The molecule has 68 heavy (non-hydrogen) atoms. The van der Waals surface area contributed by atoms with Gasteiger partial charge in [0, 0.05) is 61.4 Å². The topological polar surface area (TPSA) is 43.0 Å². The number of rotatable bonds is 4. The van der Waals surface area contributed by atoms with Crippen molar-refractivity contribution >= 4 is 62.5 Å². The second-order valence-electron chi connectivity index (χ2n) is 23.0. The van der Waals surface area contributed by atoms with Crippen LogP contribution in [0.1, 0.15) is 103 Å². The summed E-state index contributed by atoms with van der Waals surface area (Å²) in [5.74, 6) is 0.641. The fraction of sp³-hybridized carbons (Fsp3) is 0.222. The fourth-order valence-corrected chi connectivity index (χ4v) is 12.1. The van der Waals surface area contributed by atoms with Crippen molar-refractivity contribution in [1.29, 1.82) is 0 Å². The van der Waals surface area contributed by atoms with Crippen LogP contribution in [0.15, 0.2) is 150 Å². The van der Waals surface area contributed by atoms with Gasteiger partial charge in [0.15, 0.2) is 12.9 Å². The maximum atomic E-state index is 6.61. The van der Waals surface area contributed by atoms with Crippen molar-refractivity contribution in [2.24, 2.45) is 0 Å². The van der Waals surface area contributed by atoms with E-state index in [9.17, 15) is 0 Å². The average Bonchev–Trinajstić information content (AvgIpc) is 4.01. The van der Waals surface area contributed by atoms with E-state index in [1.807, 2.05) is 18.2 Å². The van der Waals surface area contributed by atoms with Crippen LogP contribution in [0.2, 0.25) is 0 Å². The van der Waals surface area contributed by atoms with Crippen molar-refractivity contribution in [3.05, 3.63) is 179 Å². The molecule has 332 valence electrons. The molecule has 13 rings (SSSR count). The maximum absolute atomic E-state index is 6.61. The minimum atomic E-state index is -0.186. The van der Waals surface area contributed by atoms with Gasteiger partial charge in [-0.2, -0.15) is 0 Å². The second-order valence-corrected chi connectivity index (χ2v) is 23.0. The zero-order valence-electron chi connectivity index (χ0n) is 40.9. The Morgan fingerprint density at radius 3 is 1.96 bits per heavy atom. The van der Waals surface area contributed by atoms with Crippen LogP contribution in [0.4, 0.5) is 11.4 Å². The van der Waals surface area contributed by atoms with Gasteiger partial charge in [-0.3, -0.25) is 0 Å². The zero-order chi connectivity index (χ0) is 46.8. The summed E-state index contributed by atoms with van der Waals surface area (Å²) < 4.78 is 9.17. The number of nitrogens with one attached hydrogen (secondary N) is 1. The van der Waals surface area contributed by atoms with E-state index in [-0.39, 0.29) is 21.7 Å². The van der Waals surface area contributed by atoms with Gasteiger partial charge in [0.2, 0.25) is 5.89 Å². The Labute approximate surface area is 400 Å². The normalized spacial score (nSPS) is 15.0. The molecule has 0 radical (unpaired) electrons. The molecule has 0 unspecified atom stereocenters. The lowest BCUT2D eigenvalue weighted by molar-refractivity contribution is 0.584. The molecule has 2 aliphatic carbocycles. The number of hydrogen-bond donors (Lipinski definition) is 1. The van der Waals surface area contributed by atoms with Crippen LogP contribution in [-0.4, -0.2) is 16.8 Å². The molecule has 0 amide bonds. The Morgan fingerprint density at radius 1 is 0.544 bits per heavy atom. The van der Waals surface area contributed by atoms with Crippen molar-refractivity contribution in [3.8, 4) is 50.5 Å². The van der Waals surface area contributed by atoms with E-state index in [2.05, 4.69) is 207 Å². The van der Waals surface area contributed by atoms with Gasteiger partial charge in [0.1, 0.15) is 5.52 Å². The van der Waals surface area contributed by atoms with E-state index >= 15 is 0 Å². The number of oxazole rings is 1. The Balaban J connectivity index is 1.09. The number of benzene rings is 8. The van der Waals surface area contributed by atoms with Crippen molar-refractivity contribution in [1.82, 2.24) is 9.55 Å². The van der Waals surface area contributed by atoms with Gasteiger partial charge in [-0.25, -0.2) is 4.98 Å². The monoisotopic (exact) mass is 881 g/mol. The third kappa shape index (κ3) is 5.84. The number of aromatic nitrogens is 2. The summed E-state index contributed by atoms with van der Waals surface area (Å²) in [7, 11) is 0.754. The van der Waals surface area contributed by atoms with Crippen LogP contribution in [0, 0.1) is 0 Å². The van der Waals surface area contributed by atoms with Crippen LogP contribution in [0.25, 0.3) is 83.4 Å². The molecule has 0 bridgehead atoms. The Bertz CT molecular complexity index is 3790. The van der Waals surface area contributed by atoms with E-state index in [1.54, 1.807) is 0 Å². The van der Waals surface area contributed by atoms with Crippen LogP contribution in [0.5, 0.6) is 0 Å². The molecule has 3 heterocycles. The van der Waals surface area contributed by atoms with E-state index in [1.165, 1.54) is 99.5 Å². The molecule has 8 aromatic carbocycles. The summed E-state index contributed by atoms with van der Waals surface area (Å²) >= 11 is 0. The third-order valence-corrected chi connectivity index (χ3v) is 16.0. The van der Waals surface area contributed by atoms with Crippen molar-refractivity contribution in [3.63, 3.8) is 0 Å². The number of anilines is 2. The van der Waals surface area contributed by atoms with Gasteiger partial charge in [0.25, 0.3) is 0 Å². The molecule has 0 fully saturated rings. The zero-order valence-corrected chi connectivity index (χ0v) is 40.9. The molecule has 5 heteroatoms. The first kappa shape index (κ1) is 41.1. The first-order chi connectivity index (χ1) is 32.4. The van der Waals surface area contributed by atoms with Gasteiger partial charge in [-0.15, -0.1) is 0 Å². The van der Waals surface area contributed by atoms with Crippen LogP contribution in [0.3, 0.4) is 0 Å². The first-order valence-corrected chi connectivity index (χ1v) is 24.4. The summed E-state index contributed by atoms with van der Waals surface area (Å²) in [5, 5.41) is 6.57. The van der Waals surface area contributed by atoms with Crippen molar-refractivity contribution in [2.45, 2.75) is 90.9 Å². The summed E-state index contributed by atoms with van der Waals surface area (Å²) in [5.41, 5.74) is 26.8. The van der Waals surface area contributed by atoms with E-state index < -0.39 is 0 Å². The quantitative estimate of drug-likeness (QED) is 0.179. The SMILES string of the molecule is CC(C)(C)c1ccc(Nc2cc3c(cc2-c2ccc4c5cc6c(cc5n5c4c2Bc2cc4nc(-c7ccccc7)oc4cc2-5)-c2ccccc2C6(C)C)-c2ccc(C(C)(C)C)cc2C3(C)C)cc1. The first-order valence-electron chi connectivity index (χ1n) is 24.4. The van der Waals surface area contributed by atoms with E-state index in [0.717, 1.165) is 41.0 Å². The third-order valence-electron chi connectivity index (χ3n) is 16.0.